The molecule has 0 fully saturated rings. The monoisotopic (exact) mass is 310 g/mol. The molecule has 2 N–H and O–H groups in total. The Balaban J connectivity index is 1.75. The van der Waals surface area contributed by atoms with Gasteiger partial charge in [0.05, 0.1) is 17.7 Å². The molecule has 0 saturated carbocycles. The summed E-state index contributed by atoms with van der Waals surface area (Å²) in [6.07, 6.45) is 2.02. The normalized spacial score (nSPS) is 20.1. The van der Waals surface area contributed by atoms with Crippen LogP contribution in [0.25, 0.3) is 10.9 Å². The molecule has 0 unspecified atom stereocenters. The number of anilines is 1. The number of nitrogens with zero attached hydrogens (tertiary/aromatic N) is 1. The summed E-state index contributed by atoms with van der Waals surface area (Å²) in [6.45, 7) is 0. The van der Waals surface area contributed by atoms with Crippen molar-refractivity contribution in [3.05, 3.63) is 70.9 Å². The zero-order valence-corrected chi connectivity index (χ0v) is 12.6. The van der Waals surface area contributed by atoms with Crippen molar-refractivity contribution >= 4 is 28.2 Å². The van der Waals surface area contributed by atoms with Crippen LogP contribution in [0, 0.1) is 0 Å². The van der Waals surface area contributed by atoms with Crippen LogP contribution in [0.5, 0.6) is 0 Å². The van der Waals surface area contributed by atoms with E-state index >= 15 is 0 Å². The molecule has 0 bridgehead atoms. The molecule has 1 aliphatic carbocycles. The predicted molar refractivity (Wildman–Crippen MR) is 89.3 cm³/mol. The van der Waals surface area contributed by atoms with Gasteiger partial charge in [0.15, 0.2) is 0 Å². The summed E-state index contributed by atoms with van der Waals surface area (Å²) in [4.78, 5) is 4.35. The molecule has 22 heavy (non-hydrogen) atoms. The van der Waals surface area contributed by atoms with E-state index in [1.54, 1.807) is 6.20 Å². The summed E-state index contributed by atoms with van der Waals surface area (Å²) in [5.74, 6) is 0. The van der Waals surface area contributed by atoms with Crippen molar-refractivity contribution in [2.24, 2.45) is 0 Å². The molecule has 0 amide bonds. The number of benzene rings is 2. The molecule has 4 heteroatoms. The lowest BCUT2D eigenvalue weighted by Gasteiger charge is -2.20. The lowest BCUT2D eigenvalue weighted by molar-refractivity contribution is 0.166. The maximum Gasteiger partial charge on any atom is 0.0823 e. The number of aliphatic hydroxyl groups is 1. The molecular formula is C18H15ClN2O. The van der Waals surface area contributed by atoms with Gasteiger partial charge in [-0.1, -0.05) is 35.9 Å². The third-order valence-corrected chi connectivity index (χ3v) is 4.45. The van der Waals surface area contributed by atoms with E-state index in [1.165, 1.54) is 5.56 Å². The zero-order chi connectivity index (χ0) is 15.1. The quantitative estimate of drug-likeness (QED) is 0.753. The highest BCUT2D eigenvalue weighted by Gasteiger charge is 2.30. The number of pyridine rings is 1. The second kappa shape index (κ2) is 5.27. The number of aliphatic hydroxyl groups excluding tert-OH is 1. The Morgan fingerprint density at radius 2 is 2.00 bits per heavy atom. The first-order chi connectivity index (χ1) is 10.7. The Morgan fingerprint density at radius 3 is 2.91 bits per heavy atom. The predicted octanol–water partition coefficient (Wildman–Crippen LogP) is 3.96. The standard InChI is InChI=1S/C18H15ClN2O/c19-12-5-6-14-15(7-8-20-16(14)10-12)21-18-13-4-2-1-3-11(13)9-17(18)22/h1-8,10,17-18,22H,9H2,(H,20,21)/t17-,18+/m1/s1. The van der Waals surface area contributed by atoms with Gasteiger partial charge in [0.2, 0.25) is 0 Å². The zero-order valence-electron chi connectivity index (χ0n) is 11.8. The SMILES string of the molecule is O[C@@H]1Cc2ccccc2[C@@H]1Nc1ccnc2cc(Cl)ccc12. The molecule has 110 valence electrons. The van der Waals surface area contributed by atoms with E-state index in [0.29, 0.717) is 11.4 Å². The van der Waals surface area contributed by atoms with E-state index in [-0.39, 0.29) is 6.04 Å². The summed E-state index contributed by atoms with van der Waals surface area (Å²) >= 11 is 6.03. The summed E-state index contributed by atoms with van der Waals surface area (Å²) in [5, 5.41) is 15.5. The van der Waals surface area contributed by atoms with Gasteiger partial charge in [-0.3, -0.25) is 4.98 Å². The van der Waals surface area contributed by atoms with Crippen LogP contribution in [-0.2, 0) is 6.42 Å². The first-order valence-corrected chi connectivity index (χ1v) is 7.67. The van der Waals surface area contributed by atoms with Crippen LogP contribution < -0.4 is 5.32 Å². The van der Waals surface area contributed by atoms with Crippen molar-refractivity contribution in [1.29, 1.82) is 0 Å². The molecule has 3 nitrogen and oxygen atoms in total. The van der Waals surface area contributed by atoms with Gasteiger partial charge in [-0.2, -0.15) is 0 Å². The van der Waals surface area contributed by atoms with Crippen LogP contribution in [0.4, 0.5) is 5.69 Å². The molecular weight excluding hydrogens is 296 g/mol. The number of hydrogen-bond donors (Lipinski definition) is 2. The summed E-state index contributed by atoms with van der Waals surface area (Å²) < 4.78 is 0. The fraction of sp³-hybridized carbons (Fsp3) is 0.167. The summed E-state index contributed by atoms with van der Waals surface area (Å²) in [6, 6.07) is 15.7. The number of nitrogens with one attached hydrogen (secondary N) is 1. The average molecular weight is 311 g/mol. The molecule has 1 heterocycles. The second-order valence-corrected chi connectivity index (χ2v) is 6.05. The Labute approximate surface area is 133 Å². The van der Waals surface area contributed by atoms with Crippen molar-refractivity contribution in [3.63, 3.8) is 0 Å². The van der Waals surface area contributed by atoms with Gasteiger partial charge in [0.1, 0.15) is 0 Å². The maximum absolute atomic E-state index is 10.4. The highest BCUT2D eigenvalue weighted by atomic mass is 35.5. The number of halogens is 1. The van der Waals surface area contributed by atoms with Crippen LogP contribution in [0.1, 0.15) is 17.2 Å². The third-order valence-electron chi connectivity index (χ3n) is 4.22. The lowest BCUT2D eigenvalue weighted by Crippen LogP contribution is -2.21. The molecule has 3 aromatic rings. The van der Waals surface area contributed by atoms with Gasteiger partial charge in [0, 0.05) is 28.7 Å². The van der Waals surface area contributed by atoms with Crippen molar-refractivity contribution in [2.75, 3.05) is 5.32 Å². The Kier molecular flexibility index (Phi) is 3.25. The number of hydrogen-bond acceptors (Lipinski definition) is 3. The molecule has 4 rings (SSSR count). The van der Waals surface area contributed by atoms with Gasteiger partial charge in [-0.05, 0) is 35.4 Å². The van der Waals surface area contributed by atoms with Crippen molar-refractivity contribution < 1.29 is 5.11 Å². The fourth-order valence-corrected chi connectivity index (χ4v) is 3.33. The van der Waals surface area contributed by atoms with Gasteiger partial charge >= 0.3 is 0 Å². The van der Waals surface area contributed by atoms with E-state index in [1.807, 2.05) is 36.4 Å². The maximum atomic E-state index is 10.4. The topological polar surface area (TPSA) is 45.1 Å². The Hall–Kier alpha value is -2.10. The number of aromatic nitrogens is 1. The molecule has 0 saturated heterocycles. The highest BCUT2D eigenvalue weighted by molar-refractivity contribution is 6.31. The third kappa shape index (κ3) is 2.23. The average Bonchev–Trinajstić information content (AvgIpc) is 2.83. The Morgan fingerprint density at radius 1 is 1.14 bits per heavy atom. The summed E-state index contributed by atoms with van der Waals surface area (Å²) in [5.41, 5.74) is 4.17. The Bertz CT molecular complexity index is 849. The van der Waals surface area contributed by atoms with E-state index in [4.69, 9.17) is 11.6 Å². The second-order valence-electron chi connectivity index (χ2n) is 5.61. The van der Waals surface area contributed by atoms with Gasteiger partial charge in [-0.25, -0.2) is 0 Å². The molecule has 0 spiro atoms. The van der Waals surface area contributed by atoms with Crippen LogP contribution in [0.15, 0.2) is 54.7 Å². The van der Waals surface area contributed by atoms with Crippen LogP contribution in [0.2, 0.25) is 5.02 Å². The first-order valence-electron chi connectivity index (χ1n) is 7.29. The minimum absolute atomic E-state index is 0.0996. The number of rotatable bonds is 2. The van der Waals surface area contributed by atoms with Gasteiger partial charge < -0.3 is 10.4 Å². The minimum atomic E-state index is -0.423. The molecule has 2 aromatic carbocycles. The molecule has 0 aliphatic heterocycles. The molecule has 1 aromatic heterocycles. The lowest BCUT2D eigenvalue weighted by atomic mass is 10.1. The van der Waals surface area contributed by atoms with E-state index in [2.05, 4.69) is 22.4 Å². The van der Waals surface area contributed by atoms with E-state index < -0.39 is 6.10 Å². The van der Waals surface area contributed by atoms with Gasteiger partial charge in [0.25, 0.3) is 0 Å². The molecule has 1 aliphatic rings. The number of fused-ring (bicyclic) bond motifs is 2. The summed E-state index contributed by atoms with van der Waals surface area (Å²) in [7, 11) is 0. The van der Waals surface area contributed by atoms with Crippen molar-refractivity contribution in [2.45, 2.75) is 18.6 Å². The molecule has 0 radical (unpaired) electrons. The van der Waals surface area contributed by atoms with E-state index in [9.17, 15) is 5.11 Å². The smallest absolute Gasteiger partial charge is 0.0823 e. The van der Waals surface area contributed by atoms with E-state index in [0.717, 1.165) is 22.2 Å². The fourth-order valence-electron chi connectivity index (χ4n) is 3.16. The first kappa shape index (κ1) is 13.6. The van der Waals surface area contributed by atoms with Crippen molar-refractivity contribution in [3.8, 4) is 0 Å². The van der Waals surface area contributed by atoms with Crippen molar-refractivity contribution in [1.82, 2.24) is 4.98 Å². The highest BCUT2D eigenvalue weighted by Crippen LogP contribution is 2.35. The minimum Gasteiger partial charge on any atom is -0.390 e. The van der Waals surface area contributed by atoms with Crippen LogP contribution >= 0.6 is 11.6 Å². The van der Waals surface area contributed by atoms with Crippen LogP contribution in [0.3, 0.4) is 0 Å². The van der Waals surface area contributed by atoms with Gasteiger partial charge in [-0.15, -0.1) is 0 Å². The molecule has 2 atom stereocenters. The largest absolute Gasteiger partial charge is 0.390 e. The van der Waals surface area contributed by atoms with Crippen LogP contribution in [-0.4, -0.2) is 16.2 Å².